The maximum absolute atomic E-state index is 5.20. The smallest absolute Gasteiger partial charge is 0.161 e. The number of aromatic nitrogens is 2. The average Bonchev–Trinajstić information content (AvgIpc) is 3.70. The molecule has 0 saturated heterocycles. The topological polar surface area (TPSA) is 25.8 Å². The van der Waals surface area contributed by atoms with Crippen molar-refractivity contribution in [3.05, 3.63) is 156 Å². The Kier molecular flexibility index (Phi) is 5.88. The van der Waals surface area contributed by atoms with E-state index in [0.29, 0.717) is 0 Å². The number of benzene rings is 6. The molecular weight excluding hydrogens is 613 g/mol. The van der Waals surface area contributed by atoms with Crippen molar-refractivity contribution in [3.8, 4) is 56.0 Å². The van der Waals surface area contributed by atoms with Crippen LogP contribution in [-0.4, -0.2) is 9.97 Å². The van der Waals surface area contributed by atoms with Crippen LogP contribution in [0.15, 0.2) is 133 Å². The lowest BCUT2D eigenvalue weighted by Gasteiger charge is -2.24. The van der Waals surface area contributed by atoms with Gasteiger partial charge < -0.3 is 0 Å². The third-order valence-corrected chi connectivity index (χ3v) is 12.2. The normalized spacial score (nSPS) is 14.9. The second-order valence-electron chi connectivity index (χ2n) is 14.6. The summed E-state index contributed by atoms with van der Waals surface area (Å²) in [5.74, 6) is 0.757. The molecular formula is C46H34N2S. The van der Waals surface area contributed by atoms with Crippen LogP contribution in [0.3, 0.4) is 0 Å². The first-order valence-corrected chi connectivity index (χ1v) is 17.9. The van der Waals surface area contributed by atoms with Crippen LogP contribution in [0.4, 0.5) is 0 Å². The highest BCUT2D eigenvalue weighted by molar-refractivity contribution is 7.25. The van der Waals surface area contributed by atoms with Crippen molar-refractivity contribution in [1.29, 1.82) is 0 Å². The van der Waals surface area contributed by atoms with E-state index < -0.39 is 0 Å². The first kappa shape index (κ1) is 28.6. The summed E-state index contributed by atoms with van der Waals surface area (Å²) < 4.78 is 1.23. The summed E-state index contributed by atoms with van der Waals surface area (Å²) in [5.41, 5.74) is 16.6. The predicted molar refractivity (Wildman–Crippen MR) is 206 cm³/mol. The summed E-state index contributed by atoms with van der Waals surface area (Å²) in [6.07, 6.45) is 0. The van der Waals surface area contributed by atoms with E-state index in [9.17, 15) is 0 Å². The molecule has 0 unspecified atom stereocenters. The molecule has 234 valence electrons. The molecule has 49 heavy (non-hydrogen) atoms. The standard InChI is InChI=1S/C46H34N2S/c1-45(2)36-16-10-8-14-31(36)34-25-39-35(26-38(34)45)32-23-22-30(24-37(32)46(39,3)4)27-18-20-29(21-19-27)43-47-42(28-12-6-5-7-13-28)41-33-15-9-11-17-40(33)49-44(41)48-43/h5-26H,1-4H3. The van der Waals surface area contributed by atoms with Crippen LogP contribution >= 0.6 is 11.3 Å². The van der Waals surface area contributed by atoms with Gasteiger partial charge in [-0.25, -0.2) is 9.97 Å². The van der Waals surface area contributed by atoms with E-state index in [0.717, 1.165) is 32.9 Å². The quantitative estimate of drug-likeness (QED) is 0.191. The summed E-state index contributed by atoms with van der Waals surface area (Å²) in [5, 5.41) is 2.34. The summed E-state index contributed by atoms with van der Waals surface area (Å²) in [6, 6.07) is 48.8. The maximum atomic E-state index is 5.20. The van der Waals surface area contributed by atoms with E-state index in [1.54, 1.807) is 11.3 Å². The molecule has 0 bridgehead atoms. The van der Waals surface area contributed by atoms with Crippen molar-refractivity contribution in [2.45, 2.75) is 38.5 Å². The molecule has 0 saturated carbocycles. The molecule has 2 nitrogen and oxygen atoms in total. The van der Waals surface area contributed by atoms with Crippen molar-refractivity contribution in [2.75, 3.05) is 0 Å². The summed E-state index contributed by atoms with van der Waals surface area (Å²) in [4.78, 5) is 11.3. The molecule has 2 aliphatic rings. The van der Waals surface area contributed by atoms with Gasteiger partial charge in [0.25, 0.3) is 0 Å². The zero-order chi connectivity index (χ0) is 33.1. The molecule has 2 aromatic heterocycles. The van der Waals surface area contributed by atoms with Crippen LogP contribution in [0.25, 0.3) is 76.3 Å². The lowest BCUT2D eigenvalue weighted by Crippen LogP contribution is -2.17. The number of hydrogen-bond acceptors (Lipinski definition) is 3. The van der Waals surface area contributed by atoms with Gasteiger partial charge in [-0.15, -0.1) is 11.3 Å². The molecule has 2 aliphatic carbocycles. The van der Waals surface area contributed by atoms with E-state index in [2.05, 4.69) is 161 Å². The van der Waals surface area contributed by atoms with Gasteiger partial charge in [-0.1, -0.05) is 137 Å². The molecule has 2 heterocycles. The number of rotatable bonds is 3. The van der Waals surface area contributed by atoms with Crippen molar-refractivity contribution >= 4 is 31.6 Å². The maximum Gasteiger partial charge on any atom is 0.161 e. The Balaban J connectivity index is 1.04. The van der Waals surface area contributed by atoms with E-state index in [1.807, 2.05) is 0 Å². The lowest BCUT2D eigenvalue weighted by molar-refractivity contribution is 0.652. The van der Waals surface area contributed by atoms with Gasteiger partial charge in [0.15, 0.2) is 5.82 Å². The largest absolute Gasteiger partial charge is 0.227 e. The Hall–Kier alpha value is -5.38. The Morgan fingerprint density at radius 2 is 1.04 bits per heavy atom. The zero-order valence-electron chi connectivity index (χ0n) is 28.0. The first-order chi connectivity index (χ1) is 23.8. The summed E-state index contributed by atoms with van der Waals surface area (Å²) in [7, 11) is 0. The molecule has 0 spiro atoms. The van der Waals surface area contributed by atoms with Crippen molar-refractivity contribution in [3.63, 3.8) is 0 Å². The monoisotopic (exact) mass is 646 g/mol. The fourth-order valence-electron chi connectivity index (χ4n) is 8.48. The highest BCUT2D eigenvalue weighted by Crippen LogP contribution is 2.56. The molecule has 0 N–H and O–H groups in total. The number of thiophene rings is 1. The Morgan fingerprint density at radius 1 is 0.449 bits per heavy atom. The van der Waals surface area contributed by atoms with Gasteiger partial charge in [0.1, 0.15) is 4.83 Å². The van der Waals surface area contributed by atoms with Gasteiger partial charge in [0.05, 0.1) is 5.69 Å². The van der Waals surface area contributed by atoms with Gasteiger partial charge in [0, 0.05) is 37.4 Å². The molecule has 0 amide bonds. The Morgan fingerprint density at radius 3 is 1.82 bits per heavy atom. The van der Waals surface area contributed by atoms with Crippen LogP contribution in [0.1, 0.15) is 49.9 Å². The van der Waals surface area contributed by atoms with Crippen LogP contribution in [0, 0.1) is 0 Å². The van der Waals surface area contributed by atoms with Crippen LogP contribution < -0.4 is 0 Å². The summed E-state index contributed by atoms with van der Waals surface area (Å²) >= 11 is 1.74. The summed E-state index contributed by atoms with van der Waals surface area (Å²) in [6.45, 7) is 9.50. The third-order valence-electron chi connectivity index (χ3n) is 11.1. The molecule has 8 aromatic rings. The average molecular weight is 647 g/mol. The minimum absolute atomic E-state index is 0.0113. The van der Waals surface area contributed by atoms with Crippen LogP contribution in [-0.2, 0) is 10.8 Å². The minimum atomic E-state index is -0.0985. The highest BCUT2D eigenvalue weighted by atomic mass is 32.1. The second kappa shape index (κ2) is 10.1. The minimum Gasteiger partial charge on any atom is -0.227 e. The number of fused-ring (bicyclic) bond motifs is 9. The molecule has 10 rings (SSSR count). The number of nitrogens with zero attached hydrogens (tertiary/aromatic N) is 2. The lowest BCUT2D eigenvalue weighted by atomic mass is 9.79. The van der Waals surface area contributed by atoms with Crippen LogP contribution in [0.2, 0.25) is 0 Å². The molecule has 0 aliphatic heterocycles. The molecule has 0 atom stereocenters. The Bertz CT molecular complexity index is 2640. The van der Waals surface area contributed by atoms with Gasteiger partial charge in [-0.3, -0.25) is 0 Å². The van der Waals surface area contributed by atoms with E-state index in [4.69, 9.17) is 9.97 Å². The second-order valence-corrected chi connectivity index (χ2v) is 15.6. The van der Waals surface area contributed by atoms with Crippen molar-refractivity contribution in [2.24, 2.45) is 0 Å². The fourth-order valence-corrected chi connectivity index (χ4v) is 9.55. The SMILES string of the molecule is CC1(C)c2ccccc2-c2cc3c(cc21)-c1ccc(-c2ccc(-c4nc(-c5ccccc5)c5c(n4)sc4ccccc45)cc2)cc1C3(C)C. The van der Waals surface area contributed by atoms with Gasteiger partial charge in [-0.2, -0.15) is 0 Å². The third kappa shape index (κ3) is 4.06. The van der Waals surface area contributed by atoms with E-state index in [-0.39, 0.29) is 10.8 Å². The van der Waals surface area contributed by atoms with Crippen molar-refractivity contribution < 1.29 is 0 Å². The van der Waals surface area contributed by atoms with Crippen molar-refractivity contribution in [1.82, 2.24) is 9.97 Å². The van der Waals surface area contributed by atoms with E-state index >= 15 is 0 Å². The predicted octanol–water partition coefficient (Wildman–Crippen LogP) is 12.5. The van der Waals surface area contributed by atoms with Gasteiger partial charge in [0.2, 0.25) is 0 Å². The zero-order valence-corrected chi connectivity index (χ0v) is 28.8. The molecule has 3 heteroatoms. The van der Waals surface area contributed by atoms with Crippen LogP contribution in [0.5, 0.6) is 0 Å². The first-order valence-electron chi connectivity index (χ1n) is 17.1. The highest BCUT2D eigenvalue weighted by Gasteiger charge is 2.41. The fraction of sp³-hybridized carbons (Fsp3) is 0.130. The van der Waals surface area contributed by atoms with Gasteiger partial charge in [-0.05, 0) is 79.9 Å². The molecule has 0 fully saturated rings. The van der Waals surface area contributed by atoms with E-state index in [1.165, 1.54) is 65.7 Å². The Labute approximate surface area is 290 Å². The number of hydrogen-bond donors (Lipinski definition) is 0. The molecule has 6 aromatic carbocycles. The van der Waals surface area contributed by atoms with Gasteiger partial charge >= 0.3 is 0 Å². The molecule has 0 radical (unpaired) electrons.